The van der Waals surface area contributed by atoms with Crippen molar-refractivity contribution >= 4 is 29.0 Å². The number of ether oxygens (including phenoxy) is 1. The van der Waals surface area contributed by atoms with Crippen molar-refractivity contribution in [2.24, 2.45) is 0 Å². The molecular weight excluding hydrogens is 237 g/mol. The van der Waals surface area contributed by atoms with Crippen molar-refractivity contribution in [3.05, 3.63) is 10.4 Å². The molecule has 3 rings (SSSR count). The van der Waals surface area contributed by atoms with E-state index in [1.807, 2.05) is 0 Å². The number of hydrogen-bond acceptors (Lipinski definition) is 4. The van der Waals surface area contributed by atoms with Crippen LogP contribution in [0.15, 0.2) is 0 Å². The van der Waals surface area contributed by atoms with Gasteiger partial charge in [0.15, 0.2) is 16.7 Å². The number of rotatable bonds is 0. The van der Waals surface area contributed by atoms with Gasteiger partial charge in [-0.2, -0.15) is 4.98 Å². The summed E-state index contributed by atoms with van der Waals surface area (Å²) in [5.41, 5.74) is 0. The molecule has 1 unspecified atom stereocenters. The van der Waals surface area contributed by atoms with E-state index in [1.165, 1.54) is 0 Å². The molecular formula is C9H9Cl2N3O. The van der Waals surface area contributed by atoms with Crippen molar-refractivity contribution in [3.63, 3.8) is 0 Å². The quantitative estimate of drug-likeness (QED) is 0.519. The summed E-state index contributed by atoms with van der Waals surface area (Å²) in [6, 6.07) is 0.416. The number of anilines is 1. The van der Waals surface area contributed by atoms with Crippen LogP contribution in [0.1, 0.15) is 12.8 Å². The van der Waals surface area contributed by atoms with Crippen LogP contribution in [0, 0.1) is 0 Å². The van der Waals surface area contributed by atoms with Gasteiger partial charge >= 0.3 is 0 Å². The molecule has 4 nitrogen and oxygen atoms in total. The normalized spacial score (nSPS) is 23.3. The Bertz CT molecular complexity index is 413. The van der Waals surface area contributed by atoms with E-state index in [0.29, 0.717) is 23.6 Å². The lowest BCUT2D eigenvalue weighted by Crippen LogP contribution is -2.39. The number of hydrogen-bond donors (Lipinski definition) is 0. The maximum Gasteiger partial charge on any atom is 0.226 e. The summed E-state index contributed by atoms with van der Waals surface area (Å²) in [4.78, 5) is 10.3. The summed E-state index contributed by atoms with van der Waals surface area (Å²) >= 11 is 11.7. The van der Waals surface area contributed by atoms with Crippen molar-refractivity contribution in [3.8, 4) is 5.75 Å². The van der Waals surface area contributed by atoms with Gasteiger partial charge in [0, 0.05) is 6.54 Å². The molecule has 1 fully saturated rings. The van der Waals surface area contributed by atoms with Gasteiger partial charge in [-0.1, -0.05) is 11.6 Å². The highest BCUT2D eigenvalue weighted by Gasteiger charge is 2.34. The Kier molecular flexibility index (Phi) is 2.14. The van der Waals surface area contributed by atoms with Gasteiger partial charge in [0.2, 0.25) is 5.28 Å². The molecule has 0 saturated carbocycles. The molecule has 2 aliphatic heterocycles. The van der Waals surface area contributed by atoms with Crippen LogP contribution in [0.3, 0.4) is 0 Å². The molecule has 2 aliphatic rings. The van der Waals surface area contributed by atoms with E-state index >= 15 is 0 Å². The maximum atomic E-state index is 5.95. The van der Waals surface area contributed by atoms with E-state index in [2.05, 4.69) is 14.9 Å². The molecule has 0 N–H and O–H groups in total. The summed E-state index contributed by atoms with van der Waals surface area (Å²) in [5.74, 6) is 1.31. The van der Waals surface area contributed by atoms with E-state index in [4.69, 9.17) is 27.9 Å². The van der Waals surface area contributed by atoms with Gasteiger partial charge in [-0.25, -0.2) is 4.98 Å². The van der Waals surface area contributed by atoms with Crippen molar-refractivity contribution in [2.45, 2.75) is 18.9 Å². The smallest absolute Gasteiger partial charge is 0.226 e. The Labute approximate surface area is 97.2 Å². The lowest BCUT2D eigenvalue weighted by molar-refractivity contribution is 0.268. The zero-order chi connectivity index (χ0) is 10.4. The first-order valence-electron chi connectivity index (χ1n) is 4.88. The Morgan fingerprint density at radius 2 is 2.20 bits per heavy atom. The van der Waals surface area contributed by atoms with Gasteiger partial charge in [-0.3, -0.25) is 0 Å². The van der Waals surface area contributed by atoms with Gasteiger partial charge < -0.3 is 9.64 Å². The summed E-state index contributed by atoms with van der Waals surface area (Å²) in [5, 5.41) is 0.477. The highest BCUT2D eigenvalue weighted by Crippen LogP contribution is 2.40. The van der Waals surface area contributed by atoms with Gasteiger partial charge in [0.05, 0.1) is 6.04 Å². The second-order valence-corrected chi connectivity index (χ2v) is 4.43. The highest BCUT2D eigenvalue weighted by molar-refractivity contribution is 6.33. The van der Waals surface area contributed by atoms with Crippen LogP contribution in [-0.2, 0) is 0 Å². The van der Waals surface area contributed by atoms with Gasteiger partial charge in [0.1, 0.15) is 6.61 Å². The van der Waals surface area contributed by atoms with Crippen LogP contribution in [0.5, 0.6) is 5.75 Å². The van der Waals surface area contributed by atoms with Gasteiger partial charge in [-0.05, 0) is 24.4 Å². The third-order valence-corrected chi connectivity index (χ3v) is 3.27. The summed E-state index contributed by atoms with van der Waals surface area (Å²) in [6.45, 7) is 1.66. The number of nitrogens with zero attached hydrogens (tertiary/aromatic N) is 3. The fourth-order valence-electron chi connectivity index (χ4n) is 2.17. The minimum Gasteiger partial charge on any atom is -0.485 e. The first kappa shape index (κ1) is 9.48. The predicted molar refractivity (Wildman–Crippen MR) is 57.9 cm³/mol. The molecule has 1 atom stereocenters. The highest BCUT2D eigenvalue weighted by atomic mass is 35.5. The fourth-order valence-corrected chi connectivity index (χ4v) is 2.60. The Balaban J connectivity index is 2.12. The molecule has 0 radical (unpaired) electrons. The van der Waals surface area contributed by atoms with Crippen LogP contribution in [0.2, 0.25) is 10.4 Å². The minimum atomic E-state index is 0.176. The summed E-state index contributed by atoms with van der Waals surface area (Å²) in [6.07, 6.45) is 2.30. The molecule has 0 aromatic carbocycles. The molecule has 15 heavy (non-hydrogen) atoms. The molecule has 1 aromatic rings. The SMILES string of the molecule is Clc1nc(Cl)c2c(n1)N1CCCC1CO2. The van der Waals surface area contributed by atoms with Gasteiger partial charge in [0.25, 0.3) is 0 Å². The number of fused-ring (bicyclic) bond motifs is 3. The van der Waals surface area contributed by atoms with E-state index in [1.54, 1.807) is 0 Å². The van der Waals surface area contributed by atoms with Gasteiger partial charge in [-0.15, -0.1) is 0 Å². The summed E-state index contributed by atoms with van der Waals surface area (Å²) < 4.78 is 5.57. The van der Waals surface area contributed by atoms with Crippen LogP contribution >= 0.6 is 23.2 Å². The zero-order valence-corrected chi connectivity index (χ0v) is 9.42. The van der Waals surface area contributed by atoms with E-state index in [-0.39, 0.29) is 5.28 Å². The largest absolute Gasteiger partial charge is 0.485 e. The topological polar surface area (TPSA) is 38.2 Å². The molecule has 0 amide bonds. The number of halogens is 2. The fraction of sp³-hybridized carbons (Fsp3) is 0.556. The molecule has 80 valence electrons. The van der Waals surface area contributed by atoms with Crippen LogP contribution < -0.4 is 9.64 Å². The lowest BCUT2D eigenvalue weighted by Gasteiger charge is -2.32. The van der Waals surface area contributed by atoms with Crippen LogP contribution in [0.25, 0.3) is 0 Å². The average Bonchev–Trinajstić information content (AvgIpc) is 2.65. The first-order chi connectivity index (χ1) is 7.25. The zero-order valence-electron chi connectivity index (χ0n) is 7.91. The maximum absolute atomic E-state index is 5.95. The Morgan fingerprint density at radius 3 is 3.07 bits per heavy atom. The van der Waals surface area contributed by atoms with Crippen molar-refractivity contribution < 1.29 is 4.74 Å². The minimum absolute atomic E-state index is 0.176. The van der Waals surface area contributed by atoms with Crippen LogP contribution in [0.4, 0.5) is 5.82 Å². The molecule has 0 aliphatic carbocycles. The van der Waals surface area contributed by atoms with Crippen molar-refractivity contribution in [2.75, 3.05) is 18.1 Å². The lowest BCUT2D eigenvalue weighted by atomic mass is 10.2. The van der Waals surface area contributed by atoms with Crippen molar-refractivity contribution in [1.82, 2.24) is 9.97 Å². The number of aromatic nitrogens is 2. The Morgan fingerprint density at radius 1 is 1.33 bits per heavy atom. The van der Waals surface area contributed by atoms with E-state index in [0.717, 1.165) is 25.2 Å². The van der Waals surface area contributed by atoms with Crippen LogP contribution in [-0.4, -0.2) is 29.2 Å². The van der Waals surface area contributed by atoms with E-state index < -0.39 is 0 Å². The summed E-state index contributed by atoms with van der Waals surface area (Å²) in [7, 11) is 0. The van der Waals surface area contributed by atoms with Crippen molar-refractivity contribution in [1.29, 1.82) is 0 Å². The second kappa shape index (κ2) is 3.39. The third kappa shape index (κ3) is 1.43. The second-order valence-electron chi connectivity index (χ2n) is 3.74. The monoisotopic (exact) mass is 245 g/mol. The molecule has 1 aromatic heterocycles. The molecule has 0 spiro atoms. The first-order valence-corrected chi connectivity index (χ1v) is 5.64. The molecule has 3 heterocycles. The molecule has 0 bridgehead atoms. The predicted octanol–water partition coefficient (Wildman–Crippen LogP) is 2.14. The molecule has 1 saturated heterocycles. The standard InChI is InChI=1S/C9H9Cl2N3O/c10-7-6-8(13-9(11)12-7)14-3-1-2-5(14)4-15-6/h5H,1-4H2. The Hall–Kier alpha value is -0.740. The third-order valence-electron chi connectivity index (χ3n) is 2.85. The average molecular weight is 246 g/mol. The van der Waals surface area contributed by atoms with E-state index in [9.17, 15) is 0 Å². The molecule has 6 heteroatoms.